The molecule has 2 fully saturated rings. The summed E-state index contributed by atoms with van der Waals surface area (Å²) in [6.07, 6.45) is -0.881. The van der Waals surface area contributed by atoms with Crippen LogP contribution in [0.5, 0.6) is 0 Å². The molecule has 0 aromatic carbocycles. The van der Waals surface area contributed by atoms with Crippen LogP contribution in [0.3, 0.4) is 0 Å². The smallest absolute Gasteiger partial charge is 0.435 e. The number of thiazole rings is 1. The number of aromatic nitrogens is 2. The quantitative estimate of drug-likeness (QED) is 0.593. The number of nitrogens with zero attached hydrogens (tertiary/aromatic N) is 5. The Balaban J connectivity index is 1.39. The molecule has 0 unspecified atom stereocenters. The van der Waals surface area contributed by atoms with Crippen molar-refractivity contribution in [3.8, 4) is 0 Å². The molecule has 2 aromatic heterocycles. The third-order valence-electron chi connectivity index (χ3n) is 5.98. The Morgan fingerprint density at radius 1 is 0.973 bits per heavy atom. The largest absolute Gasteiger partial charge is 0.444 e. The molecule has 0 bridgehead atoms. The van der Waals surface area contributed by atoms with Crippen molar-refractivity contribution >= 4 is 40.0 Å². The van der Waals surface area contributed by atoms with Gasteiger partial charge in [-0.1, -0.05) is 11.3 Å². The van der Waals surface area contributed by atoms with Gasteiger partial charge in [0.05, 0.1) is 11.9 Å². The summed E-state index contributed by atoms with van der Waals surface area (Å²) in [5.41, 5.74) is -1.45. The van der Waals surface area contributed by atoms with E-state index >= 15 is 0 Å². The highest BCUT2D eigenvalue weighted by atomic mass is 32.1. The van der Waals surface area contributed by atoms with Crippen molar-refractivity contribution < 1.29 is 27.5 Å². The number of carbonyl (C=O) groups is 2. The Bertz CT molecular complexity index is 1100. The second-order valence-electron chi connectivity index (χ2n) is 10.0. The Morgan fingerprint density at radius 3 is 2.22 bits per heavy atom. The number of piperazine rings is 1. The van der Waals surface area contributed by atoms with Crippen LogP contribution in [0.2, 0.25) is 0 Å². The first-order chi connectivity index (χ1) is 17.4. The maximum absolute atomic E-state index is 13.6. The number of alkyl halides is 3. The van der Waals surface area contributed by atoms with Crippen LogP contribution in [-0.4, -0.2) is 71.7 Å². The summed E-state index contributed by atoms with van der Waals surface area (Å²) in [5, 5.41) is 2.74. The predicted molar refractivity (Wildman–Crippen MR) is 135 cm³/mol. The third-order valence-corrected chi connectivity index (χ3v) is 7.09. The van der Waals surface area contributed by atoms with Crippen molar-refractivity contribution in [2.45, 2.75) is 51.8 Å². The standard InChI is InChI=1S/C24H31F3N6O3S/c1-23(2,3)36-22(35)33-13-11-31(12-14-33)17-8-7-16(15-28-17)29-20(34)18-19(24(25,26)27)30-21(37-18)32-9-5-4-6-10-32/h7-8,15H,4-6,9-14H2,1-3H3,(H,29,34). The zero-order chi connectivity index (χ0) is 26.8. The fourth-order valence-corrected chi connectivity index (χ4v) is 5.19. The molecule has 0 radical (unpaired) electrons. The van der Waals surface area contributed by atoms with E-state index in [1.165, 1.54) is 6.20 Å². The lowest BCUT2D eigenvalue weighted by Gasteiger charge is -2.36. The van der Waals surface area contributed by atoms with Gasteiger partial charge >= 0.3 is 12.3 Å². The fourth-order valence-electron chi connectivity index (χ4n) is 4.15. The first-order valence-electron chi connectivity index (χ1n) is 12.2. The number of nitrogens with one attached hydrogen (secondary N) is 1. The summed E-state index contributed by atoms with van der Waals surface area (Å²) in [4.78, 5) is 38.2. The lowest BCUT2D eigenvalue weighted by molar-refractivity contribution is -0.141. The molecule has 0 spiro atoms. The summed E-state index contributed by atoms with van der Waals surface area (Å²) in [7, 11) is 0. The van der Waals surface area contributed by atoms with Crippen LogP contribution in [0.15, 0.2) is 18.3 Å². The maximum Gasteiger partial charge on any atom is 0.435 e. The average Bonchev–Trinajstić information content (AvgIpc) is 3.31. The molecule has 2 aliphatic rings. The number of ether oxygens (including phenoxy) is 1. The second-order valence-corrected chi connectivity index (χ2v) is 11.0. The summed E-state index contributed by atoms with van der Waals surface area (Å²) < 4.78 is 46.3. The van der Waals surface area contributed by atoms with E-state index < -0.39 is 28.3 Å². The Morgan fingerprint density at radius 2 is 1.65 bits per heavy atom. The SMILES string of the molecule is CC(C)(C)OC(=O)N1CCN(c2ccc(NC(=O)c3sc(N4CCCCC4)nc3C(F)(F)F)cn2)CC1. The van der Waals surface area contributed by atoms with Crippen molar-refractivity contribution in [2.24, 2.45) is 0 Å². The number of hydrogen-bond donors (Lipinski definition) is 1. The van der Waals surface area contributed by atoms with Crippen molar-refractivity contribution in [1.29, 1.82) is 0 Å². The van der Waals surface area contributed by atoms with Crippen LogP contribution in [0.1, 0.15) is 55.4 Å². The van der Waals surface area contributed by atoms with E-state index in [-0.39, 0.29) is 16.9 Å². The van der Waals surface area contributed by atoms with Crippen LogP contribution in [0, 0.1) is 0 Å². The average molecular weight is 541 g/mol. The summed E-state index contributed by atoms with van der Waals surface area (Å²) in [6, 6.07) is 3.29. The zero-order valence-corrected chi connectivity index (χ0v) is 21.9. The molecule has 1 N–H and O–H groups in total. The summed E-state index contributed by atoms with van der Waals surface area (Å²) >= 11 is 0.764. The van der Waals surface area contributed by atoms with Crippen LogP contribution >= 0.6 is 11.3 Å². The first-order valence-corrected chi connectivity index (χ1v) is 13.1. The lowest BCUT2D eigenvalue weighted by Crippen LogP contribution is -2.50. The molecular formula is C24H31F3N6O3S. The summed E-state index contributed by atoms with van der Waals surface area (Å²) in [6.45, 7) is 8.75. The Hall–Kier alpha value is -3.09. The van der Waals surface area contributed by atoms with Gasteiger partial charge in [-0.15, -0.1) is 0 Å². The molecule has 202 valence electrons. The van der Waals surface area contributed by atoms with E-state index in [0.29, 0.717) is 45.1 Å². The first kappa shape index (κ1) is 27.0. The monoisotopic (exact) mass is 540 g/mol. The molecule has 2 aromatic rings. The van der Waals surface area contributed by atoms with Gasteiger partial charge in [-0.25, -0.2) is 14.8 Å². The highest BCUT2D eigenvalue weighted by Gasteiger charge is 2.40. The van der Waals surface area contributed by atoms with Crippen LogP contribution in [0.25, 0.3) is 0 Å². The second kappa shape index (κ2) is 10.7. The van der Waals surface area contributed by atoms with E-state index in [9.17, 15) is 22.8 Å². The number of amides is 2. The number of halogens is 3. The highest BCUT2D eigenvalue weighted by Crippen LogP contribution is 2.38. The number of rotatable bonds is 4. The number of pyridine rings is 1. The van der Waals surface area contributed by atoms with Gasteiger partial charge in [0.25, 0.3) is 5.91 Å². The van der Waals surface area contributed by atoms with Gasteiger partial charge in [0.2, 0.25) is 0 Å². The maximum atomic E-state index is 13.6. The molecule has 0 aliphatic carbocycles. The molecule has 4 rings (SSSR count). The molecule has 4 heterocycles. The fraction of sp³-hybridized carbons (Fsp3) is 0.583. The van der Waals surface area contributed by atoms with E-state index in [0.717, 1.165) is 30.6 Å². The molecule has 13 heteroatoms. The number of piperidine rings is 1. The van der Waals surface area contributed by atoms with Gasteiger partial charge in [-0.3, -0.25) is 4.79 Å². The number of hydrogen-bond acceptors (Lipinski definition) is 8. The van der Waals surface area contributed by atoms with E-state index in [1.807, 2.05) is 25.7 Å². The molecule has 2 saturated heterocycles. The Kier molecular flexibility index (Phi) is 7.81. The van der Waals surface area contributed by atoms with Crippen LogP contribution in [0.4, 0.5) is 34.6 Å². The predicted octanol–water partition coefficient (Wildman–Crippen LogP) is 4.86. The van der Waals surface area contributed by atoms with E-state index in [4.69, 9.17) is 4.74 Å². The van der Waals surface area contributed by atoms with Crippen molar-refractivity contribution in [3.63, 3.8) is 0 Å². The molecular weight excluding hydrogens is 509 g/mol. The van der Waals surface area contributed by atoms with Gasteiger partial charge in [0, 0.05) is 39.3 Å². The van der Waals surface area contributed by atoms with Crippen molar-refractivity contribution in [3.05, 3.63) is 28.9 Å². The van der Waals surface area contributed by atoms with Gasteiger partial charge in [-0.05, 0) is 52.2 Å². The number of carbonyl (C=O) groups excluding carboxylic acids is 2. The topological polar surface area (TPSA) is 90.9 Å². The molecule has 2 aliphatic heterocycles. The van der Waals surface area contributed by atoms with Gasteiger partial charge < -0.3 is 24.8 Å². The minimum atomic E-state index is -4.74. The number of anilines is 3. The van der Waals surface area contributed by atoms with Gasteiger partial charge in [0.15, 0.2) is 10.8 Å². The molecule has 2 amide bonds. The third kappa shape index (κ3) is 6.82. The zero-order valence-electron chi connectivity index (χ0n) is 21.1. The van der Waals surface area contributed by atoms with Crippen LogP contribution < -0.4 is 15.1 Å². The minimum Gasteiger partial charge on any atom is -0.444 e. The molecule has 37 heavy (non-hydrogen) atoms. The van der Waals surface area contributed by atoms with E-state index in [1.54, 1.807) is 21.9 Å². The highest BCUT2D eigenvalue weighted by molar-refractivity contribution is 7.17. The van der Waals surface area contributed by atoms with E-state index in [2.05, 4.69) is 15.3 Å². The Labute approximate surface area is 217 Å². The summed E-state index contributed by atoms with van der Waals surface area (Å²) in [5.74, 6) is -0.225. The molecule has 9 nitrogen and oxygen atoms in total. The van der Waals surface area contributed by atoms with Crippen molar-refractivity contribution in [2.75, 3.05) is 54.4 Å². The van der Waals surface area contributed by atoms with Crippen molar-refractivity contribution in [1.82, 2.24) is 14.9 Å². The normalized spacial score (nSPS) is 17.1. The van der Waals surface area contributed by atoms with Crippen LogP contribution in [-0.2, 0) is 10.9 Å². The van der Waals surface area contributed by atoms with Gasteiger partial charge in [0.1, 0.15) is 16.3 Å². The molecule has 0 atom stereocenters. The molecule has 0 saturated carbocycles. The van der Waals surface area contributed by atoms with Gasteiger partial charge in [-0.2, -0.15) is 13.2 Å². The minimum absolute atomic E-state index is 0.219. The lowest BCUT2D eigenvalue weighted by atomic mass is 10.1.